The minimum atomic E-state index is -0.363. The van der Waals surface area contributed by atoms with Gasteiger partial charge in [0, 0.05) is 21.5 Å². The van der Waals surface area contributed by atoms with Crippen LogP contribution in [0.3, 0.4) is 0 Å². The maximum atomic E-state index is 12.0. The first-order chi connectivity index (χ1) is 11.5. The Labute approximate surface area is 148 Å². The van der Waals surface area contributed by atoms with Crippen LogP contribution in [0.2, 0.25) is 0 Å². The van der Waals surface area contributed by atoms with Gasteiger partial charge in [-0.3, -0.25) is 0 Å². The molecule has 0 radical (unpaired) electrons. The number of urea groups is 2. The molecule has 0 fully saturated rings. The fourth-order valence-electron chi connectivity index (χ4n) is 1.84. The van der Waals surface area contributed by atoms with Crippen LogP contribution in [0.5, 0.6) is 0 Å². The van der Waals surface area contributed by atoms with Crippen LogP contribution in [-0.4, -0.2) is 18.6 Å². The number of nitrogens with one attached hydrogen (secondary N) is 4. The highest BCUT2D eigenvalue weighted by Crippen LogP contribution is 2.15. The summed E-state index contributed by atoms with van der Waals surface area (Å²) in [6.45, 7) is 3.96. The van der Waals surface area contributed by atoms with Gasteiger partial charge in [-0.2, -0.15) is 0 Å². The first kappa shape index (κ1) is 17.6. The van der Waals surface area contributed by atoms with Crippen LogP contribution in [0.1, 0.15) is 0 Å². The molecule has 0 saturated carbocycles. The zero-order chi connectivity index (χ0) is 17.4. The van der Waals surface area contributed by atoms with Crippen LogP contribution >= 0.6 is 15.9 Å². The molecule has 0 unspecified atom stereocenters. The summed E-state index contributed by atoms with van der Waals surface area (Å²) in [6.07, 6.45) is 0. The molecule has 0 aliphatic rings. The SMILES string of the molecule is C=C(Br)CNC(=O)Nc1cccc(NC(=O)Nc2ccccc2)c1. The lowest BCUT2D eigenvalue weighted by atomic mass is 10.3. The van der Waals surface area contributed by atoms with E-state index in [1.807, 2.05) is 18.2 Å². The van der Waals surface area contributed by atoms with Gasteiger partial charge in [-0.05, 0) is 30.3 Å². The molecule has 0 aliphatic carbocycles. The molecule has 2 aromatic carbocycles. The summed E-state index contributed by atoms with van der Waals surface area (Å²) in [4.78, 5) is 23.7. The minimum Gasteiger partial charge on any atom is -0.333 e. The second-order valence-electron chi connectivity index (χ2n) is 4.85. The summed E-state index contributed by atoms with van der Waals surface area (Å²) in [5.41, 5.74) is 1.81. The fraction of sp³-hybridized carbons (Fsp3) is 0.0588. The Morgan fingerprint density at radius 2 is 1.38 bits per heavy atom. The Kier molecular flexibility index (Phi) is 6.39. The van der Waals surface area contributed by atoms with Crippen molar-refractivity contribution in [2.24, 2.45) is 0 Å². The molecule has 124 valence electrons. The average molecular weight is 389 g/mol. The number of benzene rings is 2. The van der Waals surface area contributed by atoms with Crippen molar-refractivity contribution in [3.05, 3.63) is 65.7 Å². The highest BCUT2D eigenvalue weighted by molar-refractivity contribution is 9.11. The van der Waals surface area contributed by atoms with E-state index in [0.29, 0.717) is 28.1 Å². The van der Waals surface area contributed by atoms with E-state index < -0.39 is 0 Å². The monoisotopic (exact) mass is 388 g/mol. The maximum Gasteiger partial charge on any atom is 0.323 e. The van der Waals surface area contributed by atoms with Gasteiger partial charge in [-0.1, -0.05) is 46.8 Å². The fourth-order valence-corrected chi connectivity index (χ4v) is 1.98. The van der Waals surface area contributed by atoms with E-state index in [1.54, 1.807) is 36.4 Å². The second kappa shape index (κ2) is 8.73. The smallest absolute Gasteiger partial charge is 0.323 e. The highest BCUT2D eigenvalue weighted by Gasteiger charge is 2.05. The lowest BCUT2D eigenvalue weighted by molar-refractivity contribution is 0.253. The van der Waals surface area contributed by atoms with E-state index in [9.17, 15) is 9.59 Å². The van der Waals surface area contributed by atoms with Gasteiger partial charge in [0.2, 0.25) is 0 Å². The van der Waals surface area contributed by atoms with Crippen molar-refractivity contribution >= 4 is 45.1 Å². The molecule has 2 rings (SSSR count). The van der Waals surface area contributed by atoms with Crippen molar-refractivity contribution in [1.29, 1.82) is 0 Å². The van der Waals surface area contributed by atoms with Gasteiger partial charge < -0.3 is 21.3 Å². The van der Waals surface area contributed by atoms with Crippen molar-refractivity contribution in [3.8, 4) is 0 Å². The van der Waals surface area contributed by atoms with Crippen LogP contribution < -0.4 is 21.3 Å². The number of carbonyl (C=O) groups is 2. The van der Waals surface area contributed by atoms with Gasteiger partial charge in [0.15, 0.2) is 0 Å². The Bertz CT molecular complexity index is 734. The Balaban J connectivity index is 1.91. The Hall–Kier alpha value is -2.80. The van der Waals surface area contributed by atoms with E-state index in [2.05, 4.69) is 43.8 Å². The quantitative estimate of drug-likeness (QED) is 0.613. The van der Waals surface area contributed by atoms with Gasteiger partial charge in [0.1, 0.15) is 0 Å². The van der Waals surface area contributed by atoms with Gasteiger partial charge in [-0.15, -0.1) is 0 Å². The molecular weight excluding hydrogens is 372 g/mol. The third-order valence-corrected chi connectivity index (χ3v) is 3.13. The molecule has 0 atom stereocenters. The summed E-state index contributed by atoms with van der Waals surface area (Å²) in [7, 11) is 0. The standard InChI is InChI=1S/C17H17BrN4O2/c1-12(18)11-19-16(23)21-14-8-5-9-15(10-14)22-17(24)20-13-6-3-2-4-7-13/h2-10H,1,11H2,(H2,19,21,23)(H2,20,22,24). The number of hydrogen-bond acceptors (Lipinski definition) is 2. The van der Waals surface area contributed by atoms with Crippen molar-refractivity contribution in [1.82, 2.24) is 5.32 Å². The number of rotatable bonds is 5. The van der Waals surface area contributed by atoms with E-state index in [-0.39, 0.29) is 12.1 Å². The molecule has 24 heavy (non-hydrogen) atoms. The summed E-state index contributed by atoms with van der Waals surface area (Å²) >= 11 is 3.16. The van der Waals surface area contributed by atoms with Crippen molar-refractivity contribution in [2.75, 3.05) is 22.5 Å². The first-order valence-corrected chi connectivity index (χ1v) is 7.93. The summed E-state index contributed by atoms with van der Waals surface area (Å²) in [5, 5.41) is 10.7. The summed E-state index contributed by atoms with van der Waals surface area (Å²) in [6, 6.07) is 15.2. The molecule has 0 bridgehead atoms. The van der Waals surface area contributed by atoms with Gasteiger partial charge >= 0.3 is 12.1 Å². The van der Waals surface area contributed by atoms with Crippen LogP contribution in [0.15, 0.2) is 65.7 Å². The van der Waals surface area contributed by atoms with Crippen molar-refractivity contribution in [2.45, 2.75) is 0 Å². The second-order valence-corrected chi connectivity index (χ2v) is 5.97. The predicted molar refractivity (Wildman–Crippen MR) is 101 cm³/mol. The molecule has 0 spiro atoms. The number of halogens is 1. The molecule has 6 nitrogen and oxygen atoms in total. The molecule has 0 saturated heterocycles. The number of hydrogen-bond donors (Lipinski definition) is 4. The number of carbonyl (C=O) groups excluding carboxylic acids is 2. The zero-order valence-corrected chi connectivity index (χ0v) is 14.4. The number of anilines is 3. The first-order valence-electron chi connectivity index (χ1n) is 7.14. The molecule has 0 heterocycles. The van der Waals surface area contributed by atoms with Gasteiger partial charge in [-0.25, -0.2) is 9.59 Å². The van der Waals surface area contributed by atoms with Gasteiger partial charge in [0.05, 0.1) is 6.54 Å². The predicted octanol–water partition coefficient (Wildman–Crippen LogP) is 4.36. The van der Waals surface area contributed by atoms with Crippen LogP contribution in [0.4, 0.5) is 26.7 Å². The third kappa shape index (κ3) is 6.13. The third-order valence-electron chi connectivity index (χ3n) is 2.85. The molecule has 2 aromatic rings. The highest BCUT2D eigenvalue weighted by atomic mass is 79.9. The molecule has 0 aliphatic heterocycles. The van der Waals surface area contributed by atoms with E-state index >= 15 is 0 Å². The average Bonchev–Trinajstić information content (AvgIpc) is 2.54. The molecule has 4 N–H and O–H groups in total. The lowest BCUT2D eigenvalue weighted by Crippen LogP contribution is -2.29. The van der Waals surface area contributed by atoms with Crippen molar-refractivity contribution < 1.29 is 9.59 Å². The van der Waals surface area contributed by atoms with E-state index in [1.165, 1.54) is 0 Å². The minimum absolute atomic E-state index is 0.323. The lowest BCUT2D eigenvalue weighted by Gasteiger charge is -2.10. The van der Waals surface area contributed by atoms with Gasteiger partial charge in [0.25, 0.3) is 0 Å². The number of para-hydroxylation sites is 1. The number of amides is 4. The van der Waals surface area contributed by atoms with Crippen LogP contribution in [-0.2, 0) is 0 Å². The molecule has 7 heteroatoms. The van der Waals surface area contributed by atoms with Crippen molar-refractivity contribution in [3.63, 3.8) is 0 Å². The summed E-state index contributed by atoms with van der Waals surface area (Å²) < 4.78 is 0.672. The largest absolute Gasteiger partial charge is 0.333 e. The van der Waals surface area contributed by atoms with Crippen LogP contribution in [0.25, 0.3) is 0 Å². The normalized spacial score (nSPS) is 9.71. The Morgan fingerprint density at radius 3 is 2.00 bits per heavy atom. The van der Waals surface area contributed by atoms with E-state index in [0.717, 1.165) is 0 Å². The van der Waals surface area contributed by atoms with E-state index in [4.69, 9.17) is 0 Å². The molecule has 4 amide bonds. The molecule has 0 aromatic heterocycles. The molecular formula is C17H17BrN4O2. The zero-order valence-electron chi connectivity index (χ0n) is 12.8. The van der Waals surface area contributed by atoms with Crippen LogP contribution in [0, 0.1) is 0 Å². The maximum absolute atomic E-state index is 12.0. The Morgan fingerprint density at radius 1 is 0.833 bits per heavy atom. The summed E-state index contributed by atoms with van der Waals surface area (Å²) in [5.74, 6) is 0. The topological polar surface area (TPSA) is 82.3 Å².